The van der Waals surface area contributed by atoms with Crippen molar-refractivity contribution in [3.63, 3.8) is 0 Å². The summed E-state index contributed by atoms with van der Waals surface area (Å²) in [5.74, 6) is 0.184. The van der Waals surface area contributed by atoms with Crippen LogP contribution >= 0.6 is 0 Å². The fraction of sp³-hybridized carbons (Fsp3) is 0.316. The number of benzene rings is 1. The summed E-state index contributed by atoms with van der Waals surface area (Å²) in [6.07, 6.45) is 2.06. The van der Waals surface area contributed by atoms with Crippen LogP contribution in [0, 0.1) is 0 Å². The minimum Gasteiger partial charge on any atom is -0.492 e. The van der Waals surface area contributed by atoms with Gasteiger partial charge in [-0.15, -0.1) is 0 Å². The summed E-state index contributed by atoms with van der Waals surface area (Å²) in [6, 6.07) is 8.69. The van der Waals surface area contributed by atoms with Gasteiger partial charge in [-0.3, -0.25) is 14.4 Å². The maximum Gasteiger partial charge on any atom is 0.263 e. The van der Waals surface area contributed by atoms with Gasteiger partial charge in [0.1, 0.15) is 17.9 Å². The molecule has 1 heterocycles. The van der Waals surface area contributed by atoms with E-state index in [0.29, 0.717) is 18.6 Å². The molecule has 2 aromatic rings. The molecule has 26 heavy (non-hydrogen) atoms. The van der Waals surface area contributed by atoms with Gasteiger partial charge in [0, 0.05) is 25.4 Å². The van der Waals surface area contributed by atoms with Crippen LogP contribution in [0.4, 0.5) is 0 Å². The number of carbonyl (C=O) groups excluding carboxylic acids is 2. The third kappa shape index (κ3) is 5.03. The van der Waals surface area contributed by atoms with Crippen molar-refractivity contribution in [2.75, 3.05) is 34.3 Å². The molecule has 7 heteroatoms. The van der Waals surface area contributed by atoms with Crippen molar-refractivity contribution in [3.05, 3.63) is 63.6 Å². The Morgan fingerprint density at radius 1 is 1.31 bits per heavy atom. The number of nitrogens with zero attached hydrogens (tertiary/aromatic N) is 2. The Morgan fingerprint density at radius 2 is 2.08 bits per heavy atom. The van der Waals surface area contributed by atoms with Gasteiger partial charge in [0.15, 0.2) is 6.29 Å². The van der Waals surface area contributed by atoms with Gasteiger partial charge in [0.2, 0.25) is 0 Å². The lowest BCUT2D eigenvalue weighted by Gasteiger charge is -2.13. The number of hydrogen-bond acceptors (Lipinski definition) is 5. The van der Waals surface area contributed by atoms with E-state index in [-0.39, 0.29) is 17.7 Å². The first-order valence-corrected chi connectivity index (χ1v) is 8.23. The second kappa shape index (κ2) is 8.96. The molecule has 0 radical (unpaired) electrons. The van der Waals surface area contributed by atoms with Crippen LogP contribution in [0.5, 0.6) is 5.75 Å². The summed E-state index contributed by atoms with van der Waals surface area (Å²) >= 11 is 0. The summed E-state index contributed by atoms with van der Waals surface area (Å²) in [5, 5.41) is 2.41. The molecule has 0 atom stereocenters. The molecule has 138 valence electrons. The number of hydrogen-bond donors (Lipinski definition) is 1. The van der Waals surface area contributed by atoms with Crippen LogP contribution in [0.15, 0.2) is 41.3 Å². The molecule has 0 spiro atoms. The lowest BCUT2D eigenvalue weighted by molar-refractivity contribution is 0.0961. The van der Waals surface area contributed by atoms with Gasteiger partial charge in [-0.2, -0.15) is 0 Å². The van der Waals surface area contributed by atoms with Gasteiger partial charge in [-0.1, -0.05) is 12.1 Å². The average molecular weight is 357 g/mol. The van der Waals surface area contributed by atoms with Crippen molar-refractivity contribution in [1.29, 1.82) is 0 Å². The molecule has 2 rings (SSSR count). The third-order valence-electron chi connectivity index (χ3n) is 3.77. The van der Waals surface area contributed by atoms with Crippen molar-refractivity contribution in [2.45, 2.75) is 6.54 Å². The third-order valence-corrected chi connectivity index (χ3v) is 3.77. The van der Waals surface area contributed by atoms with E-state index in [1.807, 2.05) is 43.3 Å². The Bertz CT molecular complexity index is 843. The molecule has 1 aromatic heterocycles. The average Bonchev–Trinajstić information content (AvgIpc) is 2.62. The van der Waals surface area contributed by atoms with E-state index in [1.165, 1.54) is 23.9 Å². The Balaban J connectivity index is 2.26. The van der Waals surface area contributed by atoms with Gasteiger partial charge >= 0.3 is 0 Å². The number of pyridine rings is 1. The fourth-order valence-corrected chi connectivity index (χ4v) is 2.41. The summed E-state index contributed by atoms with van der Waals surface area (Å²) in [5.41, 5.74) is 0.589. The maximum absolute atomic E-state index is 12.5. The highest BCUT2D eigenvalue weighted by molar-refractivity contribution is 5.95. The number of amides is 1. The number of nitrogens with one attached hydrogen (secondary N) is 1. The summed E-state index contributed by atoms with van der Waals surface area (Å²) < 4.78 is 7.05. The van der Waals surface area contributed by atoms with E-state index >= 15 is 0 Å². The van der Waals surface area contributed by atoms with Crippen LogP contribution in [0.3, 0.4) is 0 Å². The van der Waals surface area contributed by atoms with E-state index in [0.717, 1.165) is 12.1 Å². The van der Waals surface area contributed by atoms with E-state index in [2.05, 4.69) is 5.32 Å². The molecule has 0 aliphatic carbocycles. The predicted molar refractivity (Wildman–Crippen MR) is 99.1 cm³/mol. The zero-order valence-electron chi connectivity index (χ0n) is 15.2. The van der Waals surface area contributed by atoms with Crippen LogP contribution in [-0.4, -0.2) is 56.0 Å². The van der Waals surface area contributed by atoms with Crippen molar-refractivity contribution in [2.24, 2.45) is 0 Å². The molecule has 1 N–H and O–H groups in total. The van der Waals surface area contributed by atoms with E-state index < -0.39 is 11.5 Å². The lowest BCUT2D eigenvalue weighted by Crippen LogP contribution is -2.31. The molecule has 7 nitrogen and oxygen atoms in total. The quantitative estimate of drug-likeness (QED) is 0.713. The van der Waals surface area contributed by atoms with Crippen LogP contribution < -0.4 is 15.6 Å². The Labute approximate surface area is 152 Å². The van der Waals surface area contributed by atoms with Crippen LogP contribution in [0.25, 0.3) is 0 Å². The zero-order chi connectivity index (χ0) is 19.1. The number of ether oxygens (including phenoxy) is 1. The number of rotatable bonds is 8. The first kappa shape index (κ1) is 19.4. The van der Waals surface area contributed by atoms with Gasteiger partial charge in [-0.25, -0.2) is 0 Å². The molecule has 0 saturated heterocycles. The smallest absolute Gasteiger partial charge is 0.263 e. The maximum atomic E-state index is 12.5. The molecule has 0 saturated carbocycles. The number of carbonyl (C=O) groups is 2. The number of likely N-dealkylation sites (N-methyl/N-ethyl adjacent to an activating group) is 1. The highest BCUT2D eigenvalue weighted by Gasteiger charge is 2.13. The van der Waals surface area contributed by atoms with Gasteiger partial charge in [0.25, 0.3) is 11.5 Å². The first-order valence-electron chi connectivity index (χ1n) is 8.23. The summed E-state index contributed by atoms with van der Waals surface area (Å²) in [6.45, 7) is 1.58. The fourth-order valence-electron chi connectivity index (χ4n) is 2.41. The van der Waals surface area contributed by atoms with Gasteiger partial charge < -0.3 is 19.5 Å². The van der Waals surface area contributed by atoms with Crippen LogP contribution in [-0.2, 0) is 6.54 Å². The van der Waals surface area contributed by atoms with Crippen molar-refractivity contribution < 1.29 is 14.3 Å². The Kier molecular flexibility index (Phi) is 6.68. The molecule has 1 aromatic carbocycles. The van der Waals surface area contributed by atoms with E-state index in [4.69, 9.17) is 4.74 Å². The minimum absolute atomic E-state index is 0.0597. The molecule has 0 fully saturated rings. The standard InChI is InChI=1S/C19H23N3O4/c1-20-18(24)17-10-15(13-23)12-22(19(17)25)11-14-5-4-6-16(9-14)26-8-7-21(2)3/h4-6,9-10,12-13H,7-8,11H2,1-3H3,(H,20,24). The minimum atomic E-state index is -0.520. The van der Waals surface area contributed by atoms with Crippen LogP contribution in [0.2, 0.25) is 0 Å². The van der Waals surface area contributed by atoms with Gasteiger partial charge in [0.05, 0.1) is 6.54 Å². The second-order valence-corrected chi connectivity index (χ2v) is 6.12. The van der Waals surface area contributed by atoms with Crippen molar-refractivity contribution in [1.82, 2.24) is 14.8 Å². The zero-order valence-corrected chi connectivity index (χ0v) is 15.2. The highest BCUT2D eigenvalue weighted by atomic mass is 16.5. The molecule has 0 aliphatic rings. The van der Waals surface area contributed by atoms with E-state index in [9.17, 15) is 14.4 Å². The predicted octanol–water partition coefficient (Wildman–Crippen LogP) is 1.01. The summed E-state index contributed by atoms with van der Waals surface area (Å²) in [4.78, 5) is 37.6. The molecule has 0 aliphatic heterocycles. The number of aromatic nitrogens is 1. The monoisotopic (exact) mass is 357 g/mol. The highest BCUT2D eigenvalue weighted by Crippen LogP contribution is 2.14. The lowest BCUT2D eigenvalue weighted by atomic mass is 10.1. The molecule has 1 amide bonds. The van der Waals surface area contributed by atoms with Crippen molar-refractivity contribution in [3.8, 4) is 5.75 Å². The molecular formula is C19H23N3O4. The Morgan fingerprint density at radius 3 is 2.73 bits per heavy atom. The normalized spacial score (nSPS) is 10.6. The topological polar surface area (TPSA) is 80.6 Å². The second-order valence-electron chi connectivity index (χ2n) is 6.12. The number of aldehydes is 1. The molecule has 0 unspecified atom stereocenters. The van der Waals surface area contributed by atoms with E-state index in [1.54, 1.807) is 0 Å². The van der Waals surface area contributed by atoms with Gasteiger partial charge in [-0.05, 0) is 37.9 Å². The van der Waals surface area contributed by atoms with Crippen LogP contribution in [0.1, 0.15) is 26.3 Å². The largest absolute Gasteiger partial charge is 0.492 e. The molecular weight excluding hydrogens is 334 g/mol. The van der Waals surface area contributed by atoms with Crippen molar-refractivity contribution >= 4 is 12.2 Å². The molecule has 0 bridgehead atoms. The Hall–Kier alpha value is -2.93. The summed E-state index contributed by atoms with van der Waals surface area (Å²) in [7, 11) is 5.38. The first-order chi connectivity index (χ1) is 12.4. The SMILES string of the molecule is CNC(=O)c1cc(C=O)cn(Cc2cccc(OCCN(C)C)c2)c1=O.